The van der Waals surface area contributed by atoms with E-state index < -0.39 is 5.91 Å². The molecule has 0 aromatic carbocycles. The van der Waals surface area contributed by atoms with Crippen LogP contribution in [0.5, 0.6) is 0 Å². The Labute approximate surface area is 74.2 Å². The van der Waals surface area contributed by atoms with Crippen LogP contribution in [0, 0.1) is 0 Å². The number of nitrogens with two attached hydrogens (primary N) is 1. The first-order chi connectivity index (χ1) is 2.77. The van der Waals surface area contributed by atoms with Crippen LogP contribution >= 0.6 is 0 Å². The number of carbonyl (C=O) groups is 1. The molecule has 0 saturated carbocycles. The molecule has 0 heterocycles. The second-order valence-electron chi connectivity index (χ2n) is 0.916. The third kappa shape index (κ3) is 16.3. The van der Waals surface area contributed by atoms with Gasteiger partial charge in [-0.05, 0) is 0 Å². The zero-order valence-electron chi connectivity index (χ0n) is 4.55. The molecular formula is C4H8N2OY-2. The fraction of sp³-hybridized carbons (Fsp3) is 0.250. The molecule has 3 nitrogen and oxygen atoms in total. The van der Waals surface area contributed by atoms with Gasteiger partial charge in [-0.25, -0.2) is 0 Å². The Bertz CT molecular complexity index is 74.4. The summed E-state index contributed by atoms with van der Waals surface area (Å²) in [5, 5.41) is 0. The topological polar surface area (TPSA) is 74.4 Å². The molecule has 0 aliphatic carbocycles. The predicted octanol–water partition coefficient (Wildman–Crippen LogP) is 1.86. The summed E-state index contributed by atoms with van der Waals surface area (Å²) in [4.78, 5) is 9.64. The minimum absolute atomic E-state index is 0. The van der Waals surface area contributed by atoms with E-state index in [0.717, 1.165) is 0 Å². The summed E-state index contributed by atoms with van der Waals surface area (Å²) in [5.74, 6) is -0.579. The van der Waals surface area contributed by atoms with Crippen molar-refractivity contribution in [3.63, 3.8) is 0 Å². The molecule has 1 radical (unpaired) electrons. The van der Waals surface area contributed by atoms with Crippen molar-refractivity contribution >= 4 is 5.91 Å². The molecule has 0 bridgehead atoms. The molecule has 8 heavy (non-hydrogen) atoms. The van der Waals surface area contributed by atoms with E-state index in [9.17, 15) is 4.79 Å². The van der Waals surface area contributed by atoms with Crippen molar-refractivity contribution in [3.05, 3.63) is 24.5 Å². The number of carbonyl (C=O) groups excluding carboxylic acids is 1. The van der Waals surface area contributed by atoms with Gasteiger partial charge in [0.1, 0.15) is 0 Å². The van der Waals surface area contributed by atoms with Crippen molar-refractivity contribution in [2.24, 2.45) is 0 Å². The molecule has 0 unspecified atom stereocenters. The van der Waals surface area contributed by atoms with Crippen LogP contribution in [0.15, 0.2) is 12.7 Å². The van der Waals surface area contributed by atoms with Gasteiger partial charge in [0.15, 0.2) is 0 Å². The van der Waals surface area contributed by atoms with E-state index in [2.05, 4.69) is 6.58 Å². The summed E-state index contributed by atoms with van der Waals surface area (Å²) >= 11 is 0. The number of nitrogens with one attached hydrogen (secondary N) is 1. The van der Waals surface area contributed by atoms with E-state index in [4.69, 9.17) is 5.73 Å². The Hall–Kier alpha value is 0.274. The van der Waals surface area contributed by atoms with Crippen LogP contribution < -0.4 is 0 Å². The van der Waals surface area contributed by atoms with E-state index in [0.29, 0.717) is 0 Å². The molecule has 0 fully saturated rings. The molecule has 0 rings (SSSR count). The molecule has 4 heteroatoms. The van der Waals surface area contributed by atoms with Crippen LogP contribution in [0.2, 0.25) is 0 Å². The largest absolute Gasteiger partial charge is 0.693 e. The van der Waals surface area contributed by atoms with Crippen molar-refractivity contribution < 1.29 is 37.5 Å². The zero-order chi connectivity index (χ0) is 4.99. The minimum atomic E-state index is -0.579. The van der Waals surface area contributed by atoms with Gasteiger partial charge in [-0.2, -0.15) is 0 Å². The van der Waals surface area contributed by atoms with Crippen molar-refractivity contribution in [1.29, 1.82) is 0 Å². The Kier molecular flexibility index (Phi) is 20.3. The third-order valence-corrected chi connectivity index (χ3v) is 0.330. The molecule has 45 valence electrons. The quantitative estimate of drug-likeness (QED) is 0.610. The van der Waals surface area contributed by atoms with E-state index in [1.165, 1.54) is 6.08 Å². The molecule has 0 aliphatic rings. The van der Waals surface area contributed by atoms with Crippen LogP contribution in [0.1, 0.15) is 6.42 Å². The molecule has 0 spiro atoms. The van der Waals surface area contributed by atoms with Gasteiger partial charge in [-0.1, -0.05) is 6.08 Å². The summed E-state index contributed by atoms with van der Waals surface area (Å²) in [6, 6.07) is 0. The average Bonchev–Trinajstić information content (AvgIpc) is 1.35. The van der Waals surface area contributed by atoms with Crippen molar-refractivity contribution in [3.8, 4) is 0 Å². The average molecular weight is 189 g/mol. The molecule has 3 N–H and O–H groups in total. The monoisotopic (exact) mass is 189 g/mol. The first-order valence-corrected chi connectivity index (χ1v) is 1.62. The molecular weight excluding hydrogens is 181 g/mol. The summed E-state index contributed by atoms with van der Waals surface area (Å²) < 4.78 is 0. The van der Waals surface area contributed by atoms with Gasteiger partial charge in [0.2, 0.25) is 0 Å². The zero-order valence-corrected chi connectivity index (χ0v) is 7.39. The van der Waals surface area contributed by atoms with Gasteiger partial charge in [0, 0.05) is 39.1 Å². The van der Waals surface area contributed by atoms with Gasteiger partial charge in [-0.3, -0.25) is 0 Å². The van der Waals surface area contributed by atoms with Gasteiger partial charge >= 0.3 is 0 Å². The molecule has 0 aliphatic heterocycles. The van der Waals surface area contributed by atoms with E-state index >= 15 is 0 Å². The fourth-order valence-electron chi connectivity index (χ4n) is 0.131. The second kappa shape index (κ2) is 10.3. The summed E-state index contributed by atoms with van der Waals surface area (Å²) in [6.07, 6.45) is 1.58. The maximum atomic E-state index is 9.64. The predicted molar refractivity (Wildman–Crippen MR) is 29.4 cm³/mol. The van der Waals surface area contributed by atoms with Crippen molar-refractivity contribution in [1.82, 2.24) is 0 Å². The van der Waals surface area contributed by atoms with Gasteiger partial charge in [0.05, 0.1) is 5.91 Å². The van der Waals surface area contributed by atoms with Crippen LogP contribution in [0.3, 0.4) is 0 Å². The molecule has 0 aromatic heterocycles. The Morgan fingerprint density at radius 3 is 2.12 bits per heavy atom. The number of rotatable bonds is 2. The van der Waals surface area contributed by atoms with E-state index in [-0.39, 0.29) is 45.3 Å². The third-order valence-electron chi connectivity index (χ3n) is 0.330. The first kappa shape index (κ1) is 15.7. The molecule has 0 atom stereocenters. The van der Waals surface area contributed by atoms with Gasteiger partial charge in [0.25, 0.3) is 0 Å². The number of hydrogen-bond donors (Lipinski definition) is 0. The van der Waals surface area contributed by atoms with Gasteiger partial charge < -0.3 is 16.7 Å². The van der Waals surface area contributed by atoms with Crippen molar-refractivity contribution in [2.45, 2.75) is 6.42 Å². The fourth-order valence-corrected chi connectivity index (χ4v) is 0.131. The van der Waals surface area contributed by atoms with E-state index in [1.807, 2.05) is 0 Å². The normalized spacial score (nSPS) is 5.50. The maximum Gasteiger partial charge on any atom is 0.0525 e. The Morgan fingerprint density at radius 1 is 1.75 bits per heavy atom. The molecule has 1 amide bonds. The van der Waals surface area contributed by atoms with Crippen molar-refractivity contribution in [2.75, 3.05) is 0 Å². The summed E-state index contributed by atoms with van der Waals surface area (Å²) in [6.45, 7) is 3.26. The summed E-state index contributed by atoms with van der Waals surface area (Å²) in [7, 11) is 0. The van der Waals surface area contributed by atoms with Crippen LogP contribution in [-0.2, 0) is 37.5 Å². The maximum absolute atomic E-state index is 9.64. The van der Waals surface area contributed by atoms with Crippen LogP contribution in [-0.4, -0.2) is 5.91 Å². The van der Waals surface area contributed by atoms with Crippen LogP contribution in [0.4, 0.5) is 0 Å². The minimum Gasteiger partial charge on any atom is -0.693 e. The summed E-state index contributed by atoms with van der Waals surface area (Å²) in [5.41, 5.74) is 6.27. The SMILES string of the molecule is C=CCC([NH-])=O.[NH2-].[Y]. The van der Waals surface area contributed by atoms with Crippen LogP contribution in [0.25, 0.3) is 11.9 Å². The molecule has 0 saturated heterocycles. The van der Waals surface area contributed by atoms with Gasteiger partial charge in [-0.15, -0.1) is 6.58 Å². The molecule has 0 aromatic rings. The van der Waals surface area contributed by atoms with E-state index in [1.54, 1.807) is 0 Å². The Balaban J connectivity index is -0.000000125. The Morgan fingerprint density at radius 2 is 2.12 bits per heavy atom. The smallest absolute Gasteiger partial charge is 0.0525 e. The number of hydrogen-bond acceptors (Lipinski definition) is 1. The number of amides is 1. The standard InChI is InChI=1S/C4H7NO.H2N.Y/c1-2-3-4(5)6;;/h2H,1,3H2,(H2,5,6);1H2;/q;-1;/p-1. The first-order valence-electron chi connectivity index (χ1n) is 1.62. The second-order valence-corrected chi connectivity index (χ2v) is 0.916.